The summed E-state index contributed by atoms with van der Waals surface area (Å²) in [5.74, 6) is 1.57. The van der Waals surface area contributed by atoms with Gasteiger partial charge in [-0.15, -0.1) is 15.3 Å². The highest BCUT2D eigenvalue weighted by Gasteiger charge is 2.45. The van der Waals surface area contributed by atoms with Gasteiger partial charge in [0.25, 0.3) is 0 Å². The van der Waals surface area contributed by atoms with Gasteiger partial charge in [0.05, 0.1) is 19.3 Å². The minimum Gasteiger partial charge on any atom is -0.495 e. The van der Waals surface area contributed by atoms with E-state index in [1.54, 1.807) is 18.0 Å². The second-order valence-corrected chi connectivity index (χ2v) is 7.19. The monoisotopic (exact) mass is 379 g/mol. The van der Waals surface area contributed by atoms with E-state index in [-0.39, 0.29) is 5.91 Å². The van der Waals surface area contributed by atoms with Crippen LogP contribution < -0.4 is 15.0 Å². The van der Waals surface area contributed by atoms with E-state index >= 15 is 0 Å². The lowest BCUT2D eigenvalue weighted by atomic mass is 9.87. The summed E-state index contributed by atoms with van der Waals surface area (Å²) in [4.78, 5) is 17.1. The number of ether oxygens (including phenoxy) is 1. The molecule has 9 heteroatoms. The molecule has 9 nitrogen and oxygen atoms in total. The molecule has 2 bridgehead atoms. The van der Waals surface area contributed by atoms with Gasteiger partial charge in [-0.3, -0.25) is 9.69 Å². The Kier molecular flexibility index (Phi) is 4.09. The summed E-state index contributed by atoms with van der Waals surface area (Å²) in [7, 11) is 1.60. The minimum absolute atomic E-state index is 0.0170. The first kappa shape index (κ1) is 16.9. The van der Waals surface area contributed by atoms with E-state index in [9.17, 15) is 4.79 Å². The van der Waals surface area contributed by atoms with E-state index in [2.05, 4.69) is 30.4 Å². The molecule has 1 aromatic carbocycles. The number of nitrogens with one attached hydrogen (secondary N) is 1. The highest BCUT2D eigenvalue weighted by Crippen LogP contribution is 2.34. The first-order chi connectivity index (χ1) is 13.7. The molecule has 144 valence electrons. The van der Waals surface area contributed by atoms with Crippen molar-refractivity contribution in [2.75, 3.05) is 37.0 Å². The van der Waals surface area contributed by atoms with Gasteiger partial charge in [-0.05, 0) is 30.7 Å². The van der Waals surface area contributed by atoms with Gasteiger partial charge in [-0.25, -0.2) is 0 Å². The maximum atomic E-state index is 12.5. The fraction of sp³-hybridized carbons (Fsp3) is 0.368. The van der Waals surface area contributed by atoms with Crippen LogP contribution in [0.15, 0.2) is 42.7 Å². The number of piperidine rings is 1. The molecular formula is C19H21N7O2. The molecule has 5 heterocycles. The SMILES string of the molecule is COc1ccccc1NC(=O)CN1C2CC1CN(c1ccc3nncn3n1)C2. The number of carbonyl (C=O) groups excluding carboxylic acids is 1. The first-order valence-corrected chi connectivity index (χ1v) is 9.32. The summed E-state index contributed by atoms with van der Waals surface area (Å²) in [6, 6.07) is 12.1. The first-order valence-electron chi connectivity index (χ1n) is 9.32. The van der Waals surface area contributed by atoms with Gasteiger partial charge in [0.1, 0.15) is 17.9 Å². The molecular weight excluding hydrogens is 358 g/mol. The molecule has 3 aliphatic rings. The largest absolute Gasteiger partial charge is 0.495 e. The Balaban J connectivity index is 1.22. The average Bonchev–Trinajstić information content (AvgIpc) is 3.20. The van der Waals surface area contributed by atoms with Crippen LogP contribution in [0.2, 0.25) is 0 Å². The molecule has 0 aliphatic carbocycles. The van der Waals surface area contributed by atoms with Crippen LogP contribution in [-0.4, -0.2) is 69.4 Å². The average molecular weight is 379 g/mol. The second kappa shape index (κ2) is 6.75. The predicted molar refractivity (Wildman–Crippen MR) is 104 cm³/mol. The number of nitrogens with zero attached hydrogens (tertiary/aromatic N) is 6. The molecule has 2 atom stereocenters. The summed E-state index contributed by atoms with van der Waals surface area (Å²) in [6.07, 6.45) is 2.73. The molecule has 1 N–H and O–H groups in total. The van der Waals surface area contributed by atoms with Crippen molar-refractivity contribution in [3.8, 4) is 5.75 Å². The van der Waals surface area contributed by atoms with Gasteiger partial charge < -0.3 is 15.0 Å². The number of carbonyl (C=O) groups is 1. The Bertz CT molecular complexity index is 1010. The number of piperazine rings is 1. The summed E-state index contributed by atoms with van der Waals surface area (Å²) >= 11 is 0. The number of aromatic nitrogens is 4. The lowest BCUT2D eigenvalue weighted by Crippen LogP contribution is -2.69. The number of anilines is 2. The third kappa shape index (κ3) is 2.93. The van der Waals surface area contributed by atoms with Crippen molar-refractivity contribution in [1.82, 2.24) is 24.7 Å². The van der Waals surface area contributed by atoms with Crippen molar-refractivity contribution in [2.45, 2.75) is 18.5 Å². The molecule has 0 spiro atoms. The molecule has 3 aliphatic heterocycles. The Morgan fingerprint density at radius 3 is 2.86 bits per heavy atom. The summed E-state index contributed by atoms with van der Waals surface area (Å²) in [5, 5.41) is 15.4. The van der Waals surface area contributed by atoms with Gasteiger partial charge in [0.15, 0.2) is 5.65 Å². The third-order valence-corrected chi connectivity index (χ3v) is 5.52. The minimum atomic E-state index is -0.0170. The highest BCUT2D eigenvalue weighted by atomic mass is 16.5. The van der Waals surface area contributed by atoms with Crippen molar-refractivity contribution in [3.63, 3.8) is 0 Å². The number of amides is 1. The van der Waals surface area contributed by atoms with Crippen LogP contribution in [0.25, 0.3) is 5.65 Å². The molecule has 28 heavy (non-hydrogen) atoms. The number of hydrogen-bond acceptors (Lipinski definition) is 7. The van der Waals surface area contributed by atoms with Crippen LogP contribution in [0.1, 0.15) is 6.42 Å². The van der Waals surface area contributed by atoms with E-state index in [4.69, 9.17) is 4.74 Å². The number of hydrogen-bond donors (Lipinski definition) is 1. The summed E-state index contributed by atoms with van der Waals surface area (Å²) in [6.45, 7) is 2.11. The molecule has 0 radical (unpaired) electrons. The number of methoxy groups -OCH3 is 1. The zero-order valence-corrected chi connectivity index (χ0v) is 15.5. The van der Waals surface area contributed by atoms with Gasteiger partial charge in [-0.1, -0.05) is 12.1 Å². The second-order valence-electron chi connectivity index (χ2n) is 7.19. The van der Waals surface area contributed by atoms with Crippen LogP contribution in [0.5, 0.6) is 5.75 Å². The van der Waals surface area contributed by atoms with Crippen molar-refractivity contribution >= 4 is 23.1 Å². The zero-order chi connectivity index (χ0) is 19.1. The fourth-order valence-electron chi connectivity index (χ4n) is 4.12. The molecule has 3 fully saturated rings. The van der Waals surface area contributed by atoms with Crippen molar-refractivity contribution in [1.29, 1.82) is 0 Å². The maximum Gasteiger partial charge on any atom is 0.238 e. The summed E-state index contributed by atoms with van der Waals surface area (Å²) < 4.78 is 6.99. The van der Waals surface area contributed by atoms with E-state index in [0.717, 1.165) is 31.0 Å². The Labute approximate surface area is 161 Å². The predicted octanol–water partition coefficient (Wildman–Crippen LogP) is 1.03. The van der Waals surface area contributed by atoms with Crippen LogP contribution in [0.3, 0.4) is 0 Å². The van der Waals surface area contributed by atoms with E-state index < -0.39 is 0 Å². The number of rotatable bonds is 5. The van der Waals surface area contributed by atoms with Gasteiger partial charge >= 0.3 is 0 Å². The lowest BCUT2D eigenvalue weighted by Gasteiger charge is -2.56. The lowest BCUT2D eigenvalue weighted by molar-refractivity contribution is -0.121. The van der Waals surface area contributed by atoms with Crippen molar-refractivity contribution in [3.05, 3.63) is 42.7 Å². The van der Waals surface area contributed by atoms with E-state index in [1.807, 2.05) is 36.4 Å². The molecule has 2 unspecified atom stereocenters. The van der Waals surface area contributed by atoms with Crippen LogP contribution in [0.4, 0.5) is 11.5 Å². The van der Waals surface area contributed by atoms with Gasteiger partial charge in [-0.2, -0.15) is 4.52 Å². The van der Waals surface area contributed by atoms with E-state index in [1.165, 1.54) is 0 Å². The fourth-order valence-corrected chi connectivity index (χ4v) is 4.12. The van der Waals surface area contributed by atoms with Crippen LogP contribution in [0, 0.1) is 0 Å². The molecule has 3 aromatic rings. The number of benzene rings is 1. The molecule has 3 saturated heterocycles. The summed E-state index contributed by atoms with van der Waals surface area (Å²) in [5.41, 5.74) is 1.44. The number of para-hydroxylation sites is 2. The van der Waals surface area contributed by atoms with Crippen molar-refractivity contribution in [2.24, 2.45) is 0 Å². The van der Waals surface area contributed by atoms with E-state index in [0.29, 0.717) is 30.1 Å². The molecule has 6 rings (SSSR count). The van der Waals surface area contributed by atoms with Gasteiger partial charge in [0, 0.05) is 25.2 Å². The Morgan fingerprint density at radius 2 is 2.04 bits per heavy atom. The van der Waals surface area contributed by atoms with Crippen molar-refractivity contribution < 1.29 is 9.53 Å². The van der Waals surface area contributed by atoms with Gasteiger partial charge in [0.2, 0.25) is 5.91 Å². The number of fused-ring (bicyclic) bond motifs is 3. The topological polar surface area (TPSA) is 87.9 Å². The zero-order valence-electron chi connectivity index (χ0n) is 15.5. The third-order valence-electron chi connectivity index (χ3n) is 5.52. The quantitative estimate of drug-likeness (QED) is 0.708. The Morgan fingerprint density at radius 1 is 1.21 bits per heavy atom. The smallest absolute Gasteiger partial charge is 0.238 e. The standard InChI is InChI=1S/C19H21N7O2/c1-28-16-5-3-2-4-15(16)21-19(27)11-25-13-8-14(25)10-24(9-13)18-7-6-17-22-20-12-26(17)23-18/h2-7,12-14H,8-11H2,1H3,(H,21,27). The highest BCUT2D eigenvalue weighted by molar-refractivity contribution is 5.93. The molecule has 2 aromatic heterocycles. The Hall–Kier alpha value is -3.20. The molecule has 0 saturated carbocycles. The van der Waals surface area contributed by atoms with Crippen LogP contribution >= 0.6 is 0 Å². The van der Waals surface area contributed by atoms with Crippen LogP contribution in [-0.2, 0) is 4.79 Å². The molecule has 1 amide bonds. The maximum absolute atomic E-state index is 12.5. The normalized spacial score (nSPS) is 21.4.